The van der Waals surface area contributed by atoms with Crippen molar-refractivity contribution < 1.29 is 9.47 Å². The fourth-order valence-corrected chi connectivity index (χ4v) is 2.85. The lowest BCUT2D eigenvalue weighted by Crippen LogP contribution is -2.35. The van der Waals surface area contributed by atoms with Crippen LogP contribution in [0.4, 0.5) is 5.69 Å². The topological polar surface area (TPSA) is 24.9 Å². The van der Waals surface area contributed by atoms with Gasteiger partial charge in [-0.05, 0) is 31.5 Å². The van der Waals surface area contributed by atoms with Gasteiger partial charge in [0.05, 0.1) is 25.4 Å². The van der Waals surface area contributed by atoms with Gasteiger partial charge < -0.3 is 14.4 Å². The molecule has 1 aromatic carbocycles. The highest BCUT2D eigenvalue weighted by molar-refractivity contribution is 5.63. The van der Waals surface area contributed by atoms with Gasteiger partial charge in [-0.15, -0.1) is 0 Å². The summed E-state index contributed by atoms with van der Waals surface area (Å²) in [5.41, 5.74) is 3.79. The van der Waals surface area contributed by atoms with Crippen LogP contribution in [0.25, 0.3) is 0 Å². The Morgan fingerprint density at radius 1 is 1.14 bits per heavy atom. The molecule has 0 saturated carbocycles. The molecule has 0 amide bonds. The van der Waals surface area contributed by atoms with Crippen LogP contribution in [0.2, 0.25) is 0 Å². The van der Waals surface area contributed by atoms with Crippen molar-refractivity contribution >= 4 is 5.69 Å². The highest BCUT2D eigenvalue weighted by atomic mass is 16.5. The van der Waals surface area contributed by atoms with Crippen molar-refractivity contribution in [2.45, 2.75) is 20.4 Å². The molecule has 0 radical (unpaired) electrons. The summed E-state index contributed by atoms with van der Waals surface area (Å²) in [5, 5.41) is 0. The van der Waals surface area contributed by atoms with Gasteiger partial charge in [0.1, 0.15) is 12.4 Å². The summed E-state index contributed by atoms with van der Waals surface area (Å²) in [4.78, 5) is 4.72. The fraction of sp³-hybridized carbons (Fsp3) is 0.529. The summed E-state index contributed by atoms with van der Waals surface area (Å²) in [6.07, 6.45) is 2.20. The zero-order valence-corrected chi connectivity index (χ0v) is 13.0. The number of hydrogen-bond acceptors (Lipinski definition) is 4. The molecule has 0 aliphatic carbocycles. The van der Waals surface area contributed by atoms with Gasteiger partial charge in [0.2, 0.25) is 0 Å². The number of allylic oxidation sites excluding steroid dienone is 1. The quantitative estimate of drug-likeness (QED) is 0.853. The zero-order valence-electron chi connectivity index (χ0n) is 13.0. The summed E-state index contributed by atoms with van der Waals surface area (Å²) in [6, 6.07) is 6.59. The molecular weight excluding hydrogens is 264 g/mol. The molecule has 0 spiro atoms. The van der Waals surface area contributed by atoms with Gasteiger partial charge in [0.25, 0.3) is 0 Å². The van der Waals surface area contributed by atoms with E-state index in [0.717, 1.165) is 51.7 Å². The number of fused-ring (bicyclic) bond motifs is 1. The van der Waals surface area contributed by atoms with Gasteiger partial charge in [-0.2, -0.15) is 0 Å². The Balaban J connectivity index is 1.76. The van der Waals surface area contributed by atoms with Crippen molar-refractivity contribution in [1.29, 1.82) is 0 Å². The first-order chi connectivity index (χ1) is 10.2. The van der Waals surface area contributed by atoms with Crippen molar-refractivity contribution in [1.82, 2.24) is 4.90 Å². The van der Waals surface area contributed by atoms with Crippen LogP contribution >= 0.6 is 0 Å². The molecule has 21 heavy (non-hydrogen) atoms. The number of benzene rings is 1. The molecule has 114 valence electrons. The van der Waals surface area contributed by atoms with Gasteiger partial charge in [-0.25, -0.2) is 0 Å². The maximum atomic E-state index is 5.85. The van der Waals surface area contributed by atoms with E-state index in [9.17, 15) is 0 Å². The zero-order chi connectivity index (χ0) is 14.7. The Hall–Kier alpha value is -1.52. The molecule has 1 saturated heterocycles. The van der Waals surface area contributed by atoms with E-state index in [-0.39, 0.29) is 0 Å². The molecule has 4 heteroatoms. The van der Waals surface area contributed by atoms with Crippen molar-refractivity contribution in [3.63, 3.8) is 0 Å². The van der Waals surface area contributed by atoms with Gasteiger partial charge in [-0.1, -0.05) is 11.6 Å². The van der Waals surface area contributed by atoms with E-state index in [0.29, 0.717) is 0 Å². The summed E-state index contributed by atoms with van der Waals surface area (Å²) in [7, 11) is 0. The van der Waals surface area contributed by atoms with Crippen molar-refractivity contribution in [2.24, 2.45) is 0 Å². The summed E-state index contributed by atoms with van der Waals surface area (Å²) < 4.78 is 11.3. The number of ether oxygens (including phenoxy) is 2. The number of nitrogens with zero attached hydrogens (tertiary/aromatic N) is 2. The Morgan fingerprint density at radius 2 is 1.95 bits per heavy atom. The van der Waals surface area contributed by atoms with E-state index in [1.807, 2.05) is 0 Å². The molecule has 2 aliphatic rings. The molecule has 0 N–H and O–H groups in total. The third-order valence-electron chi connectivity index (χ3n) is 3.85. The van der Waals surface area contributed by atoms with Gasteiger partial charge in [0, 0.05) is 25.8 Å². The Bertz CT molecular complexity index is 518. The second kappa shape index (κ2) is 6.50. The minimum atomic E-state index is 0.748. The van der Waals surface area contributed by atoms with Crippen LogP contribution < -0.4 is 9.64 Å². The van der Waals surface area contributed by atoms with Crippen LogP contribution in [-0.2, 0) is 11.3 Å². The first kappa shape index (κ1) is 14.4. The molecule has 2 heterocycles. The smallest absolute Gasteiger partial charge is 0.143 e. The summed E-state index contributed by atoms with van der Waals surface area (Å²) in [5.74, 6) is 1.00. The Kier molecular flexibility index (Phi) is 4.46. The van der Waals surface area contributed by atoms with E-state index in [1.54, 1.807) is 0 Å². The normalized spacial score (nSPS) is 18.9. The average Bonchev–Trinajstić information content (AvgIpc) is 2.48. The molecule has 1 aromatic rings. The van der Waals surface area contributed by atoms with Gasteiger partial charge in [-0.3, -0.25) is 4.90 Å². The first-order valence-corrected chi connectivity index (χ1v) is 7.70. The van der Waals surface area contributed by atoms with Crippen LogP contribution in [0.5, 0.6) is 5.75 Å². The fourth-order valence-electron chi connectivity index (χ4n) is 2.85. The molecular formula is C17H24N2O2. The van der Waals surface area contributed by atoms with Crippen LogP contribution in [-0.4, -0.2) is 44.4 Å². The van der Waals surface area contributed by atoms with E-state index in [1.165, 1.54) is 16.8 Å². The van der Waals surface area contributed by atoms with E-state index >= 15 is 0 Å². The Labute approximate surface area is 126 Å². The molecule has 4 nitrogen and oxygen atoms in total. The van der Waals surface area contributed by atoms with Crippen molar-refractivity contribution in [3.05, 3.63) is 35.5 Å². The SMILES string of the molecule is CC(C)=CN1CCOc2cc(CN3CCOCC3)ccc21. The lowest BCUT2D eigenvalue weighted by molar-refractivity contribution is 0.0341. The van der Waals surface area contributed by atoms with E-state index < -0.39 is 0 Å². The molecule has 3 rings (SSSR count). The number of morpholine rings is 1. The maximum absolute atomic E-state index is 5.85. The van der Waals surface area contributed by atoms with Gasteiger partial charge in [0.15, 0.2) is 0 Å². The van der Waals surface area contributed by atoms with Crippen LogP contribution in [0, 0.1) is 0 Å². The molecule has 0 unspecified atom stereocenters. The predicted molar refractivity (Wildman–Crippen MR) is 84.8 cm³/mol. The molecule has 1 fully saturated rings. The second-order valence-electron chi connectivity index (χ2n) is 5.94. The van der Waals surface area contributed by atoms with Gasteiger partial charge >= 0.3 is 0 Å². The van der Waals surface area contributed by atoms with Crippen LogP contribution in [0.3, 0.4) is 0 Å². The minimum Gasteiger partial charge on any atom is -0.490 e. The highest BCUT2D eigenvalue weighted by Gasteiger charge is 2.18. The summed E-state index contributed by atoms with van der Waals surface area (Å²) >= 11 is 0. The van der Waals surface area contributed by atoms with Crippen molar-refractivity contribution in [3.8, 4) is 5.75 Å². The van der Waals surface area contributed by atoms with Crippen LogP contribution in [0.15, 0.2) is 30.0 Å². The lowest BCUT2D eigenvalue weighted by atomic mass is 10.1. The van der Waals surface area contributed by atoms with Crippen LogP contribution in [0.1, 0.15) is 19.4 Å². The molecule has 0 bridgehead atoms. The highest BCUT2D eigenvalue weighted by Crippen LogP contribution is 2.33. The second-order valence-corrected chi connectivity index (χ2v) is 5.94. The molecule has 0 atom stereocenters. The van der Waals surface area contributed by atoms with E-state index in [2.05, 4.69) is 48.0 Å². The first-order valence-electron chi connectivity index (χ1n) is 7.70. The minimum absolute atomic E-state index is 0.748. The molecule has 0 aromatic heterocycles. The third kappa shape index (κ3) is 3.57. The largest absolute Gasteiger partial charge is 0.490 e. The monoisotopic (exact) mass is 288 g/mol. The predicted octanol–water partition coefficient (Wildman–Crippen LogP) is 2.64. The number of anilines is 1. The molecule has 2 aliphatic heterocycles. The average molecular weight is 288 g/mol. The summed E-state index contributed by atoms with van der Waals surface area (Å²) in [6.45, 7) is 10.6. The third-order valence-corrected chi connectivity index (χ3v) is 3.85. The Morgan fingerprint density at radius 3 is 2.71 bits per heavy atom. The standard InChI is InChI=1S/C17H24N2O2/c1-14(2)12-19-7-10-21-17-11-15(3-4-16(17)19)13-18-5-8-20-9-6-18/h3-4,11-12H,5-10,13H2,1-2H3. The van der Waals surface area contributed by atoms with E-state index in [4.69, 9.17) is 9.47 Å². The maximum Gasteiger partial charge on any atom is 0.143 e. The number of hydrogen-bond donors (Lipinski definition) is 0. The number of rotatable bonds is 3. The lowest BCUT2D eigenvalue weighted by Gasteiger charge is -2.30. The van der Waals surface area contributed by atoms with Crippen molar-refractivity contribution in [2.75, 3.05) is 44.4 Å².